The minimum Gasteiger partial charge on any atom is -0.301 e. The van der Waals surface area contributed by atoms with Gasteiger partial charge < -0.3 is 4.57 Å². The maximum atomic E-state index is 14.1. The Labute approximate surface area is 114 Å². The first kappa shape index (κ1) is 14.0. The Bertz CT molecular complexity index is 790. The number of nitrogens with zero attached hydrogens (tertiary/aromatic N) is 3. The zero-order chi connectivity index (χ0) is 15.0. The van der Waals surface area contributed by atoms with Crippen LogP contribution >= 0.6 is 0 Å². The van der Waals surface area contributed by atoms with Crippen molar-refractivity contribution in [1.82, 2.24) is 9.13 Å². The highest BCUT2D eigenvalue weighted by Crippen LogP contribution is 2.30. The van der Waals surface area contributed by atoms with Gasteiger partial charge in [-0.25, -0.2) is 13.8 Å². The molecule has 0 N–H and O–H groups in total. The van der Waals surface area contributed by atoms with Crippen LogP contribution in [0.15, 0.2) is 33.1 Å². The Morgan fingerprint density at radius 2 is 2.10 bits per heavy atom. The molecule has 0 saturated carbocycles. The summed E-state index contributed by atoms with van der Waals surface area (Å²) in [6, 6.07) is 3.21. The summed E-state index contributed by atoms with van der Waals surface area (Å²) in [7, 11) is 1.52. The smallest absolute Gasteiger partial charge is 0.301 e. The van der Waals surface area contributed by atoms with Gasteiger partial charge in [0.2, 0.25) is 0 Å². The molecule has 0 radical (unpaired) electrons. The number of aromatic nitrogens is 2. The highest BCUT2D eigenvalue weighted by atomic mass is 19.1. The van der Waals surface area contributed by atoms with Crippen molar-refractivity contribution in [3.63, 3.8) is 0 Å². The Morgan fingerprint density at radius 3 is 2.70 bits per heavy atom. The summed E-state index contributed by atoms with van der Waals surface area (Å²) in [4.78, 5) is 24.1. The van der Waals surface area contributed by atoms with Crippen LogP contribution in [0.3, 0.4) is 0 Å². The number of allylic oxidation sites excluding steroid dienone is 4. The first-order chi connectivity index (χ1) is 9.36. The Morgan fingerprint density at radius 1 is 1.45 bits per heavy atom. The van der Waals surface area contributed by atoms with Crippen molar-refractivity contribution in [3.05, 3.63) is 50.1 Å². The van der Waals surface area contributed by atoms with E-state index in [4.69, 9.17) is 5.26 Å². The molecule has 0 spiro atoms. The van der Waals surface area contributed by atoms with Gasteiger partial charge in [0.25, 0.3) is 5.56 Å². The average Bonchev–Trinajstić information content (AvgIpc) is 2.39. The average molecular weight is 275 g/mol. The number of aryl methyl sites for hydroxylation is 1. The molecule has 0 aliphatic heterocycles. The molecule has 1 atom stereocenters. The van der Waals surface area contributed by atoms with E-state index < -0.39 is 17.1 Å². The number of hydrogen-bond acceptors (Lipinski definition) is 3. The van der Waals surface area contributed by atoms with Crippen LogP contribution in [0.1, 0.15) is 19.0 Å². The number of rotatable bonds is 1. The molecular formula is C14H14FN3O2. The molecule has 1 aliphatic carbocycles. The van der Waals surface area contributed by atoms with E-state index >= 15 is 0 Å². The van der Waals surface area contributed by atoms with Gasteiger partial charge in [0.05, 0.1) is 11.8 Å². The second kappa shape index (κ2) is 4.93. The van der Waals surface area contributed by atoms with Crippen LogP contribution in [0.25, 0.3) is 5.70 Å². The van der Waals surface area contributed by atoms with Crippen LogP contribution in [0.5, 0.6) is 0 Å². The summed E-state index contributed by atoms with van der Waals surface area (Å²) in [6.45, 7) is 3.39. The standard InChI is InChI=1S/C14H14FN3O2/c1-8-4-12(11(15)6-10(8)7-16)18-13(19)5-9(2)17(3)14(18)20/h5-6,8H,4H2,1-3H3. The first-order valence-electron chi connectivity index (χ1n) is 6.17. The summed E-state index contributed by atoms with van der Waals surface area (Å²) in [5.41, 5.74) is -0.308. The van der Waals surface area contributed by atoms with Crippen LogP contribution in [0.4, 0.5) is 4.39 Å². The van der Waals surface area contributed by atoms with Crippen LogP contribution < -0.4 is 11.2 Å². The zero-order valence-corrected chi connectivity index (χ0v) is 11.5. The monoisotopic (exact) mass is 275 g/mol. The lowest BCUT2D eigenvalue weighted by Crippen LogP contribution is -2.39. The number of hydrogen-bond donors (Lipinski definition) is 0. The lowest BCUT2D eigenvalue weighted by atomic mass is 9.91. The van der Waals surface area contributed by atoms with Crippen LogP contribution in [0, 0.1) is 24.2 Å². The van der Waals surface area contributed by atoms with Gasteiger partial charge in [-0.15, -0.1) is 0 Å². The molecule has 1 aromatic rings. The molecule has 104 valence electrons. The molecule has 0 amide bonds. The highest BCUT2D eigenvalue weighted by molar-refractivity contribution is 5.57. The maximum Gasteiger partial charge on any atom is 0.335 e. The molecule has 0 bridgehead atoms. The molecule has 5 nitrogen and oxygen atoms in total. The van der Waals surface area contributed by atoms with Crippen molar-refractivity contribution >= 4 is 5.70 Å². The third kappa shape index (κ3) is 2.11. The van der Waals surface area contributed by atoms with Gasteiger partial charge in [0.1, 0.15) is 5.83 Å². The van der Waals surface area contributed by atoms with E-state index in [1.165, 1.54) is 17.7 Å². The van der Waals surface area contributed by atoms with E-state index in [0.29, 0.717) is 11.3 Å². The highest BCUT2D eigenvalue weighted by Gasteiger charge is 2.24. The molecule has 6 heteroatoms. The summed E-state index contributed by atoms with van der Waals surface area (Å²) in [5, 5.41) is 8.88. The minimum absolute atomic E-state index is 0.0158. The Hall–Kier alpha value is -2.42. The fraction of sp³-hybridized carbons (Fsp3) is 0.357. The zero-order valence-electron chi connectivity index (χ0n) is 11.5. The normalized spacial score (nSPS) is 18.8. The largest absolute Gasteiger partial charge is 0.335 e. The predicted octanol–water partition coefficient (Wildman–Crippen LogP) is 1.48. The van der Waals surface area contributed by atoms with Gasteiger partial charge in [0, 0.05) is 24.4 Å². The van der Waals surface area contributed by atoms with Crippen molar-refractivity contribution in [2.45, 2.75) is 20.3 Å². The number of nitriles is 1. The van der Waals surface area contributed by atoms with E-state index in [0.717, 1.165) is 10.6 Å². The SMILES string of the molecule is Cc1cc(=O)n(C2=C(F)C=C(C#N)C(C)C2)c(=O)n1C. The lowest BCUT2D eigenvalue weighted by molar-refractivity contribution is 0.592. The first-order valence-corrected chi connectivity index (χ1v) is 6.17. The Kier molecular flexibility index (Phi) is 3.45. The lowest BCUT2D eigenvalue weighted by Gasteiger charge is -2.20. The minimum atomic E-state index is -0.706. The topological polar surface area (TPSA) is 67.8 Å². The van der Waals surface area contributed by atoms with Crippen LogP contribution in [0.2, 0.25) is 0 Å². The third-order valence-corrected chi connectivity index (χ3v) is 3.55. The second-order valence-electron chi connectivity index (χ2n) is 4.91. The van der Waals surface area contributed by atoms with Crippen molar-refractivity contribution in [1.29, 1.82) is 5.26 Å². The molecule has 0 aromatic carbocycles. The molecule has 20 heavy (non-hydrogen) atoms. The van der Waals surface area contributed by atoms with Gasteiger partial charge in [-0.2, -0.15) is 5.26 Å². The van der Waals surface area contributed by atoms with E-state index in [2.05, 4.69) is 0 Å². The fourth-order valence-electron chi connectivity index (χ4n) is 2.18. The predicted molar refractivity (Wildman–Crippen MR) is 72.5 cm³/mol. The van der Waals surface area contributed by atoms with Crippen LogP contribution in [-0.4, -0.2) is 9.13 Å². The van der Waals surface area contributed by atoms with Crippen molar-refractivity contribution < 1.29 is 4.39 Å². The van der Waals surface area contributed by atoms with E-state index in [1.807, 2.05) is 6.07 Å². The summed E-state index contributed by atoms with van der Waals surface area (Å²) < 4.78 is 16.2. The summed E-state index contributed by atoms with van der Waals surface area (Å²) >= 11 is 0. The summed E-state index contributed by atoms with van der Waals surface area (Å²) in [5.74, 6) is -0.935. The molecule has 1 heterocycles. The molecular weight excluding hydrogens is 261 g/mol. The van der Waals surface area contributed by atoms with Crippen LogP contribution in [-0.2, 0) is 7.05 Å². The van der Waals surface area contributed by atoms with E-state index in [9.17, 15) is 14.0 Å². The summed E-state index contributed by atoms with van der Waals surface area (Å²) in [6.07, 6.45) is 1.23. The van der Waals surface area contributed by atoms with Gasteiger partial charge in [0.15, 0.2) is 0 Å². The molecule has 1 unspecified atom stereocenters. The molecule has 0 saturated heterocycles. The third-order valence-electron chi connectivity index (χ3n) is 3.55. The molecule has 1 aliphatic rings. The van der Waals surface area contributed by atoms with Crippen molar-refractivity contribution in [2.24, 2.45) is 13.0 Å². The van der Waals surface area contributed by atoms with E-state index in [-0.39, 0.29) is 18.0 Å². The number of halogens is 1. The molecule has 0 fully saturated rings. The van der Waals surface area contributed by atoms with Gasteiger partial charge in [-0.1, -0.05) is 6.92 Å². The Balaban J connectivity index is 2.74. The van der Waals surface area contributed by atoms with Crippen molar-refractivity contribution in [3.8, 4) is 6.07 Å². The second-order valence-corrected chi connectivity index (χ2v) is 4.91. The van der Waals surface area contributed by atoms with Gasteiger partial charge in [-0.3, -0.25) is 4.79 Å². The fourth-order valence-corrected chi connectivity index (χ4v) is 2.18. The molecule has 2 rings (SSSR count). The maximum absolute atomic E-state index is 14.1. The van der Waals surface area contributed by atoms with Gasteiger partial charge in [-0.05, 0) is 25.3 Å². The quantitative estimate of drug-likeness (QED) is 0.779. The molecule has 1 aromatic heterocycles. The van der Waals surface area contributed by atoms with Gasteiger partial charge >= 0.3 is 5.69 Å². The van der Waals surface area contributed by atoms with Crippen molar-refractivity contribution in [2.75, 3.05) is 0 Å². The van der Waals surface area contributed by atoms with E-state index in [1.54, 1.807) is 13.8 Å².